The number of carbonyl (C=O) groups is 2. The van der Waals surface area contributed by atoms with E-state index in [1.54, 1.807) is 22.2 Å². The van der Waals surface area contributed by atoms with Crippen LogP contribution >= 0.6 is 0 Å². The fourth-order valence-electron chi connectivity index (χ4n) is 3.15. The lowest BCUT2D eigenvalue weighted by Gasteiger charge is -2.25. The number of nitriles is 1. The van der Waals surface area contributed by atoms with E-state index >= 15 is 0 Å². The highest BCUT2D eigenvalue weighted by molar-refractivity contribution is 6.00. The summed E-state index contributed by atoms with van der Waals surface area (Å²) in [7, 11) is 0. The third-order valence-electron chi connectivity index (χ3n) is 4.44. The number of nitrogens with zero attached hydrogens (tertiary/aromatic N) is 4. The van der Waals surface area contributed by atoms with Gasteiger partial charge in [0.1, 0.15) is 0 Å². The second-order valence-corrected chi connectivity index (χ2v) is 6.27. The number of benzene rings is 1. The van der Waals surface area contributed by atoms with Gasteiger partial charge >= 0.3 is 0 Å². The largest absolute Gasteiger partial charge is 0.337 e. The summed E-state index contributed by atoms with van der Waals surface area (Å²) < 4.78 is 0. The lowest BCUT2D eigenvalue weighted by atomic mass is 10.1. The highest BCUT2D eigenvalue weighted by Crippen LogP contribution is 2.26. The maximum absolute atomic E-state index is 13.0. The van der Waals surface area contributed by atoms with Gasteiger partial charge < -0.3 is 9.80 Å². The van der Waals surface area contributed by atoms with Crippen LogP contribution in [0.1, 0.15) is 18.4 Å². The summed E-state index contributed by atoms with van der Waals surface area (Å²) in [6, 6.07) is 15.2. The molecule has 1 atom stereocenters. The first-order valence-electron chi connectivity index (χ1n) is 8.59. The van der Waals surface area contributed by atoms with Crippen LogP contribution in [0.25, 0.3) is 0 Å². The molecule has 3 rings (SSSR count). The van der Waals surface area contributed by atoms with Crippen LogP contribution < -0.4 is 4.90 Å². The average molecular weight is 348 g/mol. The summed E-state index contributed by atoms with van der Waals surface area (Å²) >= 11 is 0. The molecule has 132 valence electrons. The van der Waals surface area contributed by atoms with Gasteiger partial charge in [0, 0.05) is 44.1 Å². The van der Waals surface area contributed by atoms with Gasteiger partial charge in [-0.15, -0.1) is 0 Å². The first-order valence-corrected chi connectivity index (χ1v) is 8.59. The lowest BCUT2D eigenvalue weighted by Crippen LogP contribution is -2.37. The molecule has 0 bridgehead atoms. The third-order valence-corrected chi connectivity index (χ3v) is 4.44. The fraction of sp³-hybridized carbons (Fsp3) is 0.300. The molecule has 0 spiro atoms. The number of hydrogen-bond donors (Lipinski definition) is 0. The predicted molar refractivity (Wildman–Crippen MR) is 96.8 cm³/mol. The van der Waals surface area contributed by atoms with Crippen molar-refractivity contribution in [1.82, 2.24) is 9.88 Å². The van der Waals surface area contributed by atoms with Crippen molar-refractivity contribution in [2.24, 2.45) is 5.92 Å². The molecule has 1 aromatic heterocycles. The molecule has 0 radical (unpaired) electrons. The Kier molecular flexibility index (Phi) is 5.59. The van der Waals surface area contributed by atoms with Crippen molar-refractivity contribution in [3.8, 4) is 6.07 Å². The molecule has 0 aliphatic carbocycles. The Morgan fingerprint density at radius 3 is 2.77 bits per heavy atom. The molecule has 1 aromatic carbocycles. The smallest absolute Gasteiger partial charge is 0.228 e. The van der Waals surface area contributed by atoms with Crippen LogP contribution in [0.5, 0.6) is 0 Å². The summed E-state index contributed by atoms with van der Waals surface area (Å²) in [4.78, 5) is 32.8. The molecule has 2 aromatic rings. The van der Waals surface area contributed by atoms with Gasteiger partial charge in [-0.2, -0.15) is 5.26 Å². The van der Waals surface area contributed by atoms with E-state index < -0.39 is 5.92 Å². The minimum Gasteiger partial charge on any atom is -0.337 e. The minimum absolute atomic E-state index is 0.0452. The van der Waals surface area contributed by atoms with Crippen LogP contribution in [0.15, 0.2) is 54.9 Å². The van der Waals surface area contributed by atoms with Crippen LogP contribution in [0.4, 0.5) is 5.69 Å². The Bertz CT molecular complexity index is 802. The van der Waals surface area contributed by atoms with Gasteiger partial charge in [0.25, 0.3) is 0 Å². The second-order valence-electron chi connectivity index (χ2n) is 6.27. The number of rotatable bonds is 6. The van der Waals surface area contributed by atoms with Crippen LogP contribution in [0.2, 0.25) is 0 Å². The summed E-state index contributed by atoms with van der Waals surface area (Å²) in [6.45, 7) is 1.11. The number of hydrogen-bond acceptors (Lipinski definition) is 4. The van der Waals surface area contributed by atoms with Crippen molar-refractivity contribution in [1.29, 1.82) is 5.26 Å². The van der Waals surface area contributed by atoms with E-state index in [1.807, 2.05) is 42.5 Å². The highest BCUT2D eigenvalue weighted by atomic mass is 16.2. The third kappa shape index (κ3) is 4.06. The van der Waals surface area contributed by atoms with Crippen molar-refractivity contribution >= 4 is 17.5 Å². The molecule has 1 aliphatic heterocycles. The van der Waals surface area contributed by atoms with E-state index in [9.17, 15) is 9.59 Å². The Labute approximate surface area is 152 Å². The van der Waals surface area contributed by atoms with E-state index in [1.165, 1.54) is 0 Å². The molecule has 2 amide bonds. The molecule has 6 nitrogen and oxygen atoms in total. The van der Waals surface area contributed by atoms with E-state index in [0.717, 1.165) is 11.3 Å². The standard InChI is InChI=1S/C20H20N4O2/c21-9-5-11-23(14-16-6-4-10-22-13-16)20(26)17-12-19(25)24(15-17)18-7-2-1-3-8-18/h1-4,6-8,10,13,17H,5,11-12,14-15H2/t17-/m0/s1. The van der Waals surface area contributed by atoms with Crippen molar-refractivity contribution in [3.63, 3.8) is 0 Å². The second kappa shape index (κ2) is 8.26. The van der Waals surface area contributed by atoms with E-state index in [-0.39, 0.29) is 24.7 Å². The molecule has 1 fully saturated rings. The quantitative estimate of drug-likeness (QED) is 0.803. The zero-order chi connectivity index (χ0) is 18.4. The molecule has 6 heteroatoms. The van der Waals surface area contributed by atoms with Crippen molar-refractivity contribution in [2.45, 2.75) is 19.4 Å². The Balaban J connectivity index is 1.72. The minimum atomic E-state index is -0.391. The van der Waals surface area contributed by atoms with E-state index in [0.29, 0.717) is 19.6 Å². The molecule has 26 heavy (non-hydrogen) atoms. The molecular formula is C20H20N4O2. The molecule has 2 heterocycles. The van der Waals surface area contributed by atoms with Gasteiger partial charge in [0.15, 0.2) is 0 Å². The highest BCUT2D eigenvalue weighted by Gasteiger charge is 2.37. The SMILES string of the molecule is N#CCCN(Cc1cccnc1)C(=O)[C@H]1CC(=O)N(c2ccccc2)C1. The first-order chi connectivity index (χ1) is 12.7. The molecule has 1 saturated heterocycles. The van der Waals surface area contributed by atoms with Gasteiger partial charge in [-0.1, -0.05) is 24.3 Å². The van der Waals surface area contributed by atoms with Crippen LogP contribution in [-0.4, -0.2) is 34.8 Å². The summed E-state index contributed by atoms with van der Waals surface area (Å²) in [5.74, 6) is -0.523. The zero-order valence-corrected chi connectivity index (χ0v) is 14.4. The molecule has 1 aliphatic rings. The van der Waals surface area contributed by atoms with Gasteiger partial charge in [-0.05, 0) is 23.8 Å². The summed E-state index contributed by atoms with van der Waals surface area (Å²) in [5.41, 5.74) is 1.71. The average Bonchev–Trinajstić information content (AvgIpc) is 3.08. The Morgan fingerprint density at radius 1 is 1.27 bits per heavy atom. The number of pyridine rings is 1. The monoisotopic (exact) mass is 348 g/mol. The van der Waals surface area contributed by atoms with Crippen LogP contribution in [0, 0.1) is 17.2 Å². The van der Waals surface area contributed by atoms with Crippen LogP contribution in [-0.2, 0) is 16.1 Å². The number of anilines is 1. The topological polar surface area (TPSA) is 77.3 Å². The van der Waals surface area contributed by atoms with E-state index in [4.69, 9.17) is 5.26 Å². The molecule has 0 saturated carbocycles. The Morgan fingerprint density at radius 2 is 2.08 bits per heavy atom. The predicted octanol–water partition coefficient (Wildman–Crippen LogP) is 2.38. The summed E-state index contributed by atoms with van der Waals surface area (Å²) in [6.07, 6.45) is 3.85. The fourth-order valence-corrected chi connectivity index (χ4v) is 3.15. The maximum Gasteiger partial charge on any atom is 0.228 e. The van der Waals surface area contributed by atoms with Gasteiger partial charge in [-0.25, -0.2) is 0 Å². The molecule has 0 unspecified atom stereocenters. The molecule has 0 N–H and O–H groups in total. The van der Waals surface area contributed by atoms with Crippen molar-refractivity contribution in [2.75, 3.05) is 18.0 Å². The van der Waals surface area contributed by atoms with Crippen molar-refractivity contribution in [3.05, 3.63) is 60.4 Å². The number of carbonyl (C=O) groups excluding carboxylic acids is 2. The van der Waals surface area contributed by atoms with E-state index in [2.05, 4.69) is 11.1 Å². The molecular weight excluding hydrogens is 328 g/mol. The number of para-hydroxylation sites is 1. The lowest BCUT2D eigenvalue weighted by molar-refractivity contribution is -0.136. The number of aromatic nitrogens is 1. The first kappa shape index (κ1) is 17.6. The van der Waals surface area contributed by atoms with Crippen LogP contribution in [0.3, 0.4) is 0 Å². The summed E-state index contributed by atoms with van der Waals surface area (Å²) in [5, 5.41) is 8.90. The number of amides is 2. The maximum atomic E-state index is 13.0. The van der Waals surface area contributed by atoms with Crippen molar-refractivity contribution < 1.29 is 9.59 Å². The zero-order valence-electron chi connectivity index (χ0n) is 14.4. The normalized spacial score (nSPS) is 16.3. The van der Waals surface area contributed by atoms with Gasteiger partial charge in [-0.3, -0.25) is 14.6 Å². The van der Waals surface area contributed by atoms with Gasteiger partial charge in [0.2, 0.25) is 11.8 Å². The van der Waals surface area contributed by atoms with Gasteiger partial charge in [0.05, 0.1) is 18.4 Å². The Hall–Kier alpha value is -3.20.